The monoisotopic (exact) mass is 270 g/mol. The first kappa shape index (κ1) is 14.1. The van der Waals surface area contributed by atoms with Crippen molar-refractivity contribution in [1.29, 1.82) is 5.26 Å². The molecule has 104 valence electrons. The third kappa shape index (κ3) is 3.84. The van der Waals surface area contributed by atoms with E-state index in [1.54, 1.807) is 6.20 Å². The number of rotatable bonds is 3. The van der Waals surface area contributed by atoms with Crippen LogP contribution in [-0.4, -0.2) is 37.0 Å². The predicted molar refractivity (Wildman–Crippen MR) is 77.9 cm³/mol. The third-order valence-electron chi connectivity index (χ3n) is 3.10. The Morgan fingerprint density at radius 2 is 2.20 bits per heavy atom. The minimum Gasteiger partial charge on any atom is -0.374 e. The number of carbonyl (C=O) groups excluding carboxylic acids is 1. The fraction of sp³-hybridized carbons (Fsp3) is 0.333. The molecule has 1 aliphatic heterocycles. The van der Waals surface area contributed by atoms with Crippen LogP contribution in [0.15, 0.2) is 36.0 Å². The van der Waals surface area contributed by atoms with Crippen molar-refractivity contribution in [2.75, 3.05) is 31.5 Å². The Labute approximate surface area is 118 Å². The van der Waals surface area contributed by atoms with Crippen molar-refractivity contribution in [3.8, 4) is 6.07 Å². The van der Waals surface area contributed by atoms with Gasteiger partial charge in [0.25, 0.3) is 5.91 Å². The van der Waals surface area contributed by atoms with Crippen molar-refractivity contribution in [2.45, 2.75) is 6.92 Å². The summed E-state index contributed by atoms with van der Waals surface area (Å²) in [6.07, 6.45) is 1.64. The van der Waals surface area contributed by atoms with E-state index >= 15 is 0 Å². The van der Waals surface area contributed by atoms with E-state index in [1.807, 2.05) is 42.2 Å². The lowest BCUT2D eigenvalue weighted by Gasteiger charge is -2.26. The average Bonchev–Trinajstić information content (AvgIpc) is 2.45. The first-order valence-corrected chi connectivity index (χ1v) is 6.64. The van der Waals surface area contributed by atoms with E-state index in [0.29, 0.717) is 5.69 Å². The summed E-state index contributed by atoms with van der Waals surface area (Å²) in [6, 6.07) is 9.48. The number of hydrogen-bond donors (Lipinski definition) is 2. The fourth-order valence-electron chi connectivity index (χ4n) is 2.05. The number of carbonyl (C=O) groups is 1. The molecule has 1 aromatic rings. The van der Waals surface area contributed by atoms with Gasteiger partial charge in [-0.15, -0.1) is 0 Å². The molecule has 0 radical (unpaired) electrons. The smallest absolute Gasteiger partial charge is 0.267 e. The zero-order valence-corrected chi connectivity index (χ0v) is 11.5. The van der Waals surface area contributed by atoms with Gasteiger partial charge >= 0.3 is 0 Å². The molecular weight excluding hydrogens is 252 g/mol. The van der Waals surface area contributed by atoms with Gasteiger partial charge in [-0.1, -0.05) is 12.1 Å². The summed E-state index contributed by atoms with van der Waals surface area (Å²) in [5, 5.41) is 15.1. The van der Waals surface area contributed by atoms with Gasteiger partial charge in [-0.2, -0.15) is 5.26 Å². The van der Waals surface area contributed by atoms with Crippen molar-refractivity contribution in [3.63, 3.8) is 0 Å². The maximum atomic E-state index is 12.1. The molecule has 0 saturated carbocycles. The Morgan fingerprint density at radius 1 is 1.45 bits per heavy atom. The van der Waals surface area contributed by atoms with E-state index in [0.717, 1.165) is 31.7 Å². The van der Waals surface area contributed by atoms with E-state index in [4.69, 9.17) is 5.26 Å². The number of nitriles is 1. The molecule has 0 atom stereocenters. The summed E-state index contributed by atoms with van der Waals surface area (Å²) < 4.78 is 0. The molecule has 1 saturated heterocycles. The van der Waals surface area contributed by atoms with Gasteiger partial charge in [0.1, 0.15) is 11.6 Å². The molecular formula is C15H18N4O. The summed E-state index contributed by atoms with van der Waals surface area (Å²) in [5.41, 5.74) is 1.90. The van der Waals surface area contributed by atoms with E-state index in [1.165, 1.54) is 0 Å². The van der Waals surface area contributed by atoms with Crippen LogP contribution in [0.25, 0.3) is 0 Å². The summed E-state index contributed by atoms with van der Waals surface area (Å²) >= 11 is 0. The van der Waals surface area contributed by atoms with Crippen LogP contribution in [0.5, 0.6) is 0 Å². The van der Waals surface area contributed by atoms with Crippen molar-refractivity contribution in [2.24, 2.45) is 0 Å². The molecule has 0 aliphatic carbocycles. The fourth-order valence-corrected chi connectivity index (χ4v) is 2.05. The summed E-state index contributed by atoms with van der Waals surface area (Å²) in [5.74, 6) is -0.364. The van der Waals surface area contributed by atoms with E-state index in [-0.39, 0.29) is 11.5 Å². The van der Waals surface area contributed by atoms with Crippen LogP contribution >= 0.6 is 0 Å². The zero-order chi connectivity index (χ0) is 14.4. The minimum atomic E-state index is -0.364. The number of piperazine rings is 1. The van der Waals surface area contributed by atoms with Gasteiger partial charge in [0.15, 0.2) is 0 Å². The molecule has 0 unspecified atom stereocenters. The number of nitrogens with one attached hydrogen (secondary N) is 2. The number of aryl methyl sites for hydroxylation is 1. The second kappa shape index (κ2) is 6.73. The van der Waals surface area contributed by atoms with Gasteiger partial charge in [0, 0.05) is 38.1 Å². The van der Waals surface area contributed by atoms with Crippen LogP contribution in [0, 0.1) is 18.3 Å². The lowest BCUT2D eigenvalue weighted by molar-refractivity contribution is -0.112. The normalized spacial score (nSPS) is 15.6. The third-order valence-corrected chi connectivity index (χ3v) is 3.10. The van der Waals surface area contributed by atoms with Crippen molar-refractivity contribution >= 4 is 11.6 Å². The molecule has 1 amide bonds. The largest absolute Gasteiger partial charge is 0.374 e. The number of nitrogens with zero attached hydrogens (tertiary/aromatic N) is 2. The zero-order valence-electron chi connectivity index (χ0n) is 11.5. The highest BCUT2D eigenvalue weighted by atomic mass is 16.1. The van der Waals surface area contributed by atoms with E-state index in [9.17, 15) is 4.79 Å². The van der Waals surface area contributed by atoms with Crippen LogP contribution in [-0.2, 0) is 4.79 Å². The second-order valence-electron chi connectivity index (χ2n) is 4.76. The maximum Gasteiger partial charge on any atom is 0.267 e. The quantitative estimate of drug-likeness (QED) is 0.640. The predicted octanol–water partition coefficient (Wildman–Crippen LogP) is 1.25. The van der Waals surface area contributed by atoms with Crippen LogP contribution in [0.2, 0.25) is 0 Å². The Bertz CT molecular complexity index is 553. The van der Waals surface area contributed by atoms with E-state index < -0.39 is 0 Å². The Balaban J connectivity index is 2.05. The maximum absolute atomic E-state index is 12.1. The second-order valence-corrected chi connectivity index (χ2v) is 4.76. The number of benzene rings is 1. The molecule has 1 heterocycles. The number of amides is 1. The SMILES string of the molecule is Cc1cccc(NC(=O)/C(C#N)=C\N2CCNCC2)c1. The van der Waals surface area contributed by atoms with Gasteiger partial charge in [0.2, 0.25) is 0 Å². The van der Waals surface area contributed by atoms with Crippen molar-refractivity contribution in [1.82, 2.24) is 10.2 Å². The number of anilines is 1. The molecule has 5 nitrogen and oxygen atoms in total. The highest BCUT2D eigenvalue weighted by Crippen LogP contribution is 2.11. The molecule has 1 aromatic carbocycles. The minimum absolute atomic E-state index is 0.133. The van der Waals surface area contributed by atoms with Gasteiger partial charge < -0.3 is 15.5 Å². The van der Waals surface area contributed by atoms with Gasteiger partial charge in [0.05, 0.1) is 0 Å². The molecule has 2 rings (SSSR count). The van der Waals surface area contributed by atoms with Crippen LogP contribution in [0.4, 0.5) is 5.69 Å². The van der Waals surface area contributed by atoms with Gasteiger partial charge in [-0.3, -0.25) is 4.79 Å². The van der Waals surface area contributed by atoms with Crippen molar-refractivity contribution in [3.05, 3.63) is 41.6 Å². The van der Waals surface area contributed by atoms with E-state index in [2.05, 4.69) is 10.6 Å². The van der Waals surface area contributed by atoms with Gasteiger partial charge in [-0.05, 0) is 24.6 Å². The first-order valence-electron chi connectivity index (χ1n) is 6.64. The number of hydrogen-bond acceptors (Lipinski definition) is 4. The summed E-state index contributed by atoms with van der Waals surface area (Å²) in [4.78, 5) is 14.1. The highest BCUT2D eigenvalue weighted by molar-refractivity contribution is 6.06. The molecule has 1 fully saturated rings. The highest BCUT2D eigenvalue weighted by Gasteiger charge is 2.13. The Kier molecular flexibility index (Phi) is 4.75. The standard InChI is InChI=1S/C15H18N4O/c1-12-3-2-4-14(9-12)18-15(20)13(10-16)11-19-7-5-17-6-8-19/h2-4,9,11,17H,5-8H2,1H3,(H,18,20)/b13-11-. The average molecular weight is 270 g/mol. The lowest BCUT2D eigenvalue weighted by Crippen LogP contribution is -2.41. The molecule has 20 heavy (non-hydrogen) atoms. The first-order chi connectivity index (χ1) is 9.69. The summed E-state index contributed by atoms with van der Waals surface area (Å²) in [6.45, 7) is 5.31. The molecule has 1 aliphatic rings. The molecule has 5 heteroatoms. The molecule has 0 bridgehead atoms. The summed E-state index contributed by atoms with van der Waals surface area (Å²) in [7, 11) is 0. The molecule has 0 aromatic heterocycles. The Hall–Kier alpha value is -2.32. The lowest BCUT2D eigenvalue weighted by atomic mass is 10.2. The van der Waals surface area contributed by atoms with Crippen LogP contribution < -0.4 is 10.6 Å². The van der Waals surface area contributed by atoms with Crippen molar-refractivity contribution < 1.29 is 4.79 Å². The van der Waals surface area contributed by atoms with Crippen LogP contribution in [0.3, 0.4) is 0 Å². The molecule has 2 N–H and O–H groups in total. The topological polar surface area (TPSA) is 68.2 Å². The van der Waals surface area contributed by atoms with Crippen LogP contribution in [0.1, 0.15) is 5.56 Å². The van der Waals surface area contributed by atoms with Gasteiger partial charge in [-0.25, -0.2) is 0 Å². The molecule has 0 spiro atoms. The Morgan fingerprint density at radius 3 is 2.85 bits per heavy atom.